The van der Waals surface area contributed by atoms with E-state index >= 15 is 0 Å². The fourth-order valence-corrected chi connectivity index (χ4v) is 3.50. The highest BCUT2D eigenvalue weighted by Crippen LogP contribution is 2.38. The van der Waals surface area contributed by atoms with Crippen LogP contribution >= 0.6 is 0 Å². The third-order valence-electron chi connectivity index (χ3n) is 4.96. The second-order valence-electron chi connectivity index (χ2n) is 6.59. The molecule has 4 aromatic rings. The molecule has 0 fully saturated rings. The molecule has 0 saturated carbocycles. The molecule has 11 nitrogen and oxygen atoms in total. The number of benzene rings is 1. The van der Waals surface area contributed by atoms with E-state index in [0.717, 1.165) is 9.13 Å². The smallest absolute Gasteiger partial charge is 0.329 e. The van der Waals surface area contributed by atoms with Crippen LogP contribution in [-0.4, -0.2) is 30.9 Å². The van der Waals surface area contributed by atoms with Gasteiger partial charge < -0.3 is 9.47 Å². The van der Waals surface area contributed by atoms with Crippen LogP contribution in [0.25, 0.3) is 33.2 Å². The van der Waals surface area contributed by atoms with Gasteiger partial charge in [-0.1, -0.05) is 6.07 Å². The molecule has 3 aromatic heterocycles. The number of hydrogen-bond donors (Lipinski definition) is 2. The van der Waals surface area contributed by atoms with Crippen LogP contribution in [0, 0.1) is 0 Å². The average molecular weight is 395 g/mol. The molecule has 0 bridgehead atoms. The number of fused-ring (bicyclic) bond motifs is 3. The number of ether oxygens (including phenoxy) is 2. The van der Waals surface area contributed by atoms with Crippen LogP contribution in [0.3, 0.4) is 0 Å². The van der Waals surface area contributed by atoms with Crippen LogP contribution in [-0.2, 0) is 14.1 Å². The summed E-state index contributed by atoms with van der Waals surface area (Å²) < 4.78 is 13.0. The number of nitrogens with zero attached hydrogens (tertiary/aromatic N) is 3. The molecule has 4 heterocycles. The predicted molar refractivity (Wildman–Crippen MR) is 103 cm³/mol. The number of pyridine rings is 1. The maximum Gasteiger partial charge on any atom is 0.329 e. The molecule has 5 rings (SSSR count). The van der Waals surface area contributed by atoms with E-state index in [1.54, 1.807) is 18.2 Å². The largest absolute Gasteiger partial charge is 0.454 e. The van der Waals surface area contributed by atoms with Crippen LogP contribution in [0.15, 0.2) is 37.4 Å². The summed E-state index contributed by atoms with van der Waals surface area (Å²) in [4.78, 5) is 58.5. The number of H-pyrrole nitrogens is 2. The third-order valence-corrected chi connectivity index (χ3v) is 4.96. The quantitative estimate of drug-likeness (QED) is 0.416. The topological polar surface area (TPSA) is 141 Å². The Kier molecular flexibility index (Phi) is 3.32. The molecule has 0 saturated heterocycles. The summed E-state index contributed by atoms with van der Waals surface area (Å²) in [5.41, 5.74) is -1.94. The number of rotatable bonds is 1. The third kappa shape index (κ3) is 2.27. The number of aryl methyl sites for hydroxylation is 2. The Hall–Kier alpha value is -4.15. The summed E-state index contributed by atoms with van der Waals surface area (Å²) in [6, 6.07) is 4.95. The lowest BCUT2D eigenvalue weighted by molar-refractivity contribution is 0.174. The van der Waals surface area contributed by atoms with E-state index in [4.69, 9.17) is 9.47 Å². The molecule has 146 valence electrons. The minimum Gasteiger partial charge on any atom is -0.454 e. The maximum absolute atomic E-state index is 12.7. The molecule has 0 amide bonds. The Labute approximate surface area is 159 Å². The molecule has 29 heavy (non-hydrogen) atoms. The van der Waals surface area contributed by atoms with Gasteiger partial charge in [-0.3, -0.25) is 28.7 Å². The minimum atomic E-state index is -0.696. The maximum atomic E-state index is 12.7. The monoisotopic (exact) mass is 395 g/mol. The van der Waals surface area contributed by atoms with Crippen molar-refractivity contribution in [1.29, 1.82) is 0 Å². The van der Waals surface area contributed by atoms with E-state index < -0.39 is 22.5 Å². The lowest BCUT2D eigenvalue weighted by atomic mass is 9.99. The van der Waals surface area contributed by atoms with Gasteiger partial charge in [0, 0.05) is 19.7 Å². The average Bonchev–Trinajstić information content (AvgIpc) is 3.16. The summed E-state index contributed by atoms with van der Waals surface area (Å²) in [6.45, 7) is 0.0563. The van der Waals surface area contributed by atoms with Gasteiger partial charge in [0.15, 0.2) is 22.8 Å². The highest BCUT2D eigenvalue weighted by atomic mass is 16.7. The molecular weight excluding hydrogens is 382 g/mol. The standard InChI is InChI=1S/C18H13N5O6/c1-22-13-11(15(24)20-17(22)26)10(7-3-4-8-9(5-7)29-6-28-8)12-14(19-13)23(2)18(27)21-16(12)25/h3-5H,6H2,1-2H3,(H,20,24,26)(H,21,25,27). The first-order chi connectivity index (χ1) is 13.9. The van der Waals surface area contributed by atoms with Gasteiger partial charge in [0.25, 0.3) is 11.1 Å². The van der Waals surface area contributed by atoms with Crippen molar-refractivity contribution in [3.63, 3.8) is 0 Å². The molecule has 1 aliphatic heterocycles. The minimum absolute atomic E-state index is 0.0412. The zero-order chi connectivity index (χ0) is 20.4. The van der Waals surface area contributed by atoms with Crippen LogP contribution in [0.2, 0.25) is 0 Å². The number of aromatic amines is 2. The van der Waals surface area contributed by atoms with Gasteiger partial charge in [-0.05, 0) is 17.7 Å². The fraction of sp³-hybridized carbons (Fsp3) is 0.167. The second kappa shape index (κ2) is 5.67. The van der Waals surface area contributed by atoms with Gasteiger partial charge in [0.1, 0.15) is 0 Å². The Balaban J connectivity index is 2.10. The molecule has 1 aromatic carbocycles. The fourth-order valence-electron chi connectivity index (χ4n) is 3.50. The molecule has 0 atom stereocenters. The van der Waals surface area contributed by atoms with Crippen molar-refractivity contribution in [1.82, 2.24) is 24.1 Å². The lowest BCUT2D eigenvalue weighted by Crippen LogP contribution is -2.32. The van der Waals surface area contributed by atoms with Crippen molar-refractivity contribution in [3.05, 3.63) is 59.9 Å². The molecule has 1 aliphatic rings. The van der Waals surface area contributed by atoms with Gasteiger partial charge in [-0.25, -0.2) is 14.6 Å². The first kappa shape index (κ1) is 17.0. The van der Waals surface area contributed by atoms with E-state index in [1.807, 2.05) is 0 Å². The van der Waals surface area contributed by atoms with E-state index in [2.05, 4.69) is 15.0 Å². The van der Waals surface area contributed by atoms with Gasteiger partial charge in [0.05, 0.1) is 10.8 Å². The zero-order valence-corrected chi connectivity index (χ0v) is 15.2. The first-order valence-corrected chi connectivity index (χ1v) is 8.53. The van der Waals surface area contributed by atoms with Gasteiger partial charge in [-0.15, -0.1) is 0 Å². The van der Waals surface area contributed by atoms with E-state index in [9.17, 15) is 19.2 Å². The molecule has 0 unspecified atom stereocenters. The molecular formula is C18H13N5O6. The van der Waals surface area contributed by atoms with Crippen molar-refractivity contribution < 1.29 is 9.47 Å². The lowest BCUT2D eigenvalue weighted by Gasteiger charge is -2.13. The van der Waals surface area contributed by atoms with Gasteiger partial charge in [0.2, 0.25) is 6.79 Å². The predicted octanol–water partition coefficient (Wildman–Crippen LogP) is -0.442. The first-order valence-electron chi connectivity index (χ1n) is 8.53. The number of hydrogen-bond acceptors (Lipinski definition) is 7. The van der Waals surface area contributed by atoms with Crippen LogP contribution in [0.1, 0.15) is 0 Å². The van der Waals surface area contributed by atoms with Crippen LogP contribution in [0.4, 0.5) is 0 Å². The van der Waals surface area contributed by atoms with E-state index in [1.165, 1.54) is 14.1 Å². The number of nitrogens with one attached hydrogen (secondary N) is 2. The SMILES string of the molecule is Cn1c(=O)[nH]c(=O)c2c(-c3ccc4c(c3)OCO4)c3c(=O)[nH]c(=O)n(C)c3nc21. The Morgan fingerprint density at radius 2 is 1.41 bits per heavy atom. The van der Waals surface area contributed by atoms with Crippen LogP contribution in [0.5, 0.6) is 11.5 Å². The molecule has 11 heteroatoms. The zero-order valence-electron chi connectivity index (χ0n) is 15.2. The van der Waals surface area contributed by atoms with Crippen molar-refractivity contribution in [3.8, 4) is 22.6 Å². The molecule has 0 spiro atoms. The van der Waals surface area contributed by atoms with Crippen molar-refractivity contribution in [2.24, 2.45) is 14.1 Å². The molecule has 0 radical (unpaired) electrons. The summed E-state index contributed by atoms with van der Waals surface area (Å²) in [5, 5.41) is 0.0882. The Morgan fingerprint density at radius 1 is 0.862 bits per heavy atom. The normalized spacial score (nSPS) is 12.8. The molecule has 2 N–H and O–H groups in total. The van der Waals surface area contributed by atoms with Gasteiger partial charge >= 0.3 is 11.4 Å². The number of aromatic nitrogens is 5. The second-order valence-corrected chi connectivity index (χ2v) is 6.59. The summed E-state index contributed by atoms with van der Waals surface area (Å²) in [7, 11) is 2.88. The van der Waals surface area contributed by atoms with Gasteiger partial charge in [-0.2, -0.15) is 0 Å². The molecule has 0 aliphatic carbocycles. The summed E-state index contributed by atoms with van der Waals surface area (Å²) in [6.07, 6.45) is 0. The van der Waals surface area contributed by atoms with Crippen molar-refractivity contribution in [2.45, 2.75) is 0 Å². The van der Waals surface area contributed by atoms with Crippen molar-refractivity contribution in [2.75, 3.05) is 6.79 Å². The van der Waals surface area contributed by atoms with E-state index in [-0.39, 0.29) is 34.4 Å². The summed E-state index contributed by atoms with van der Waals surface area (Å²) in [5.74, 6) is 0.974. The van der Waals surface area contributed by atoms with E-state index in [0.29, 0.717) is 17.1 Å². The summed E-state index contributed by atoms with van der Waals surface area (Å²) >= 11 is 0. The highest BCUT2D eigenvalue weighted by Gasteiger charge is 2.23. The Bertz CT molecular complexity index is 1500. The van der Waals surface area contributed by atoms with Crippen LogP contribution < -0.4 is 32.0 Å². The highest BCUT2D eigenvalue weighted by molar-refractivity contribution is 6.07. The Morgan fingerprint density at radius 3 is 2.00 bits per heavy atom. The van der Waals surface area contributed by atoms with Crippen molar-refractivity contribution >= 4 is 22.1 Å².